The molecule has 6 nitrogen and oxygen atoms in total. The van der Waals surface area contributed by atoms with Gasteiger partial charge in [0.15, 0.2) is 0 Å². The van der Waals surface area contributed by atoms with Crippen LogP contribution in [0.2, 0.25) is 0 Å². The highest BCUT2D eigenvalue weighted by Crippen LogP contribution is 2.34. The van der Waals surface area contributed by atoms with Crippen LogP contribution in [0.3, 0.4) is 0 Å². The molecule has 3 aromatic rings. The Morgan fingerprint density at radius 3 is 1.84 bits per heavy atom. The van der Waals surface area contributed by atoms with Crippen LogP contribution >= 0.6 is 0 Å². The largest absolute Gasteiger partial charge is 0.573 e. The summed E-state index contributed by atoms with van der Waals surface area (Å²) in [6.45, 7) is 6.45. The van der Waals surface area contributed by atoms with Crippen LogP contribution in [-0.2, 0) is 0 Å². The lowest BCUT2D eigenvalue weighted by atomic mass is 9.97. The second kappa shape index (κ2) is 12.2. The van der Waals surface area contributed by atoms with E-state index in [0.29, 0.717) is 19.8 Å². The van der Waals surface area contributed by atoms with Gasteiger partial charge in [-0.25, -0.2) is 0 Å². The van der Waals surface area contributed by atoms with E-state index in [0.717, 1.165) is 47.7 Å². The highest BCUT2D eigenvalue weighted by Gasteiger charge is 2.32. The number of benzene rings is 3. The zero-order valence-electron chi connectivity index (χ0n) is 21.3. The lowest BCUT2D eigenvalue weighted by molar-refractivity contribution is -0.274. The molecule has 202 valence electrons. The lowest BCUT2D eigenvalue weighted by Crippen LogP contribution is -2.38. The number of carbonyl (C=O) groups is 1. The van der Waals surface area contributed by atoms with Gasteiger partial charge < -0.3 is 19.5 Å². The van der Waals surface area contributed by atoms with Gasteiger partial charge in [-0.05, 0) is 79.9 Å². The Kier molecular flexibility index (Phi) is 8.78. The Labute approximate surface area is 220 Å². The van der Waals surface area contributed by atoms with Crippen LogP contribution in [0.5, 0.6) is 17.2 Å². The van der Waals surface area contributed by atoms with E-state index < -0.39 is 6.36 Å². The molecule has 0 bridgehead atoms. The van der Waals surface area contributed by atoms with E-state index in [1.807, 2.05) is 38.1 Å². The Bertz CT molecular complexity index is 1130. The van der Waals surface area contributed by atoms with Crippen LogP contribution in [0.4, 0.5) is 13.2 Å². The van der Waals surface area contributed by atoms with Crippen LogP contribution < -0.4 is 19.5 Å². The van der Waals surface area contributed by atoms with Gasteiger partial charge in [0.1, 0.15) is 17.2 Å². The minimum absolute atomic E-state index is 0.0398. The molecular weight excluding hydrogens is 497 g/mol. The van der Waals surface area contributed by atoms with E-state index in [2.05, 4.69) is 39.2 Å². The number of hydrogen-bond acceptors (Lipinski definition) is 5. The summed E-state index contributed by atoms with van der Waals surface area (Å²) in [5.74, 6) is 0.906. The van der Waals surface area contributed by atoms with E-state index in [-0.39, 0.29) is 29.3 Å². The number of halogens is 3. The topological polar surface area (TPSA) is 60.0 Å². The number of ether oxygens (including phenoxy) is 3. The van der Waals surface area contributed by atoms with Gasteiger partial charge in [-0.3, -0.25) is 9.69 Å². The molecule has 1 amide bonds. The van der Waals surface area contributed by atoms with Gasteiger partial charge in [0.2, 0.25) is 0 Å². The zero-order valence-corrected chi connectivity index (χ0v) is 21.3. The molecule has 38 heavy (non-hydrogen) atoms. The van der Waals surface area contributed by atoms with Crippen molar-refractivity contribution in [3.63, 3.8) is 0 Å². The smallest absolute Gasteiger partial charge is 0.494 e. The Morgan fingerprint density at radius 2 is 1.37 bits per heavy atom. The van der Waals surface area contributed by atoms with Crippen molar-refractivity contribution in [1.82, 2.24) is 10.2 Å². The summed E-state index contributed by atoms with van der Waals surface area (Å²) in [5.41, 5.74) is 2.47. The molecule has 0 radical (unpaired) electrons. The van der Waals surface area contributed by atoms with Gasteiger partial charge in [0, 0.05) is 24.7 Å². The first-order chi connectivity index (χ1) is 18.3. The van der Waals surface area contributed by atoms with E-state index in [1.165, 1.54) is 12.1 Å². The molecule has 0 spiro atoms. The van der Waals surface area contributed by atoms with E-state index in [4.69, 9.17) is 9.47 Å². The van der Waals surface area contributed by atoms with Crippen molar-refractivity contribution in [2.24, 2.45) is 0 Å². The SMILES string of the molecule is CCOc1ccc(C(c2ccc(OCC)cc2)N2CC[C@@H](NC(=O)c3ccc(OC(F)(F)F)cc3)C2)cc1. The number of nitrogens with one attached hydrogen (secondary N) is 1. The molecule has 9 heteroatoms. The van der Waals surface area contributed by atoms with Crippen molar-refractivity contribution in [3.8, 4) is 17.2 Å². The van der Waals surface area contributed by atoms with Crippen LogP contribution in [0, 0.1) is 0 Å². The van der Waals surface area contributed by atoms with Gasteiger partial charge >= 0.3 is 6.36 Å². The molecule has 0 unspecified atom stereocenters. The molecule has 0 saturated carbocycles. The second-order valence-electron chi connectivity index (χ2n) is 8.93. The summed E-state index contributed by atoms with van der Waals surface area (Å²) in [6, 6.07) is 20.8. The van der Waals surface area contributed by atoms with Crippen molar-refractivity contribution in [3.05, 3.63) is 89.5 Å². The maximum Gasteiger partial charge on any atom is 0.573 e. The number of carbonyl (C=O) groups excluding carboxylic acids is 1. The van der Waals surface area contributed by atoms with Gasteiger partial charge in [0.25, 0.3) is 5.91 Å². The van der Waals surface area contributed by atoms with Gasteiger partial charge in [-0.2, -0.15) is 0 Å². The first-order valence-corrected chi connectivity index (χ1v) is 12.6. The third-order valence-corrected chi connectivity index (χ3v) is 6.28. The number of likely N-dealkylation sites (tertiary alicyclic amines) is 1. The minimum Gasteiger partial charge on any atom is -0.494 e. The second-order valence-corrected chi connectivity index (χ2v) is 8.93. The first kappa shape index (κ1) is 27.3. The van der Waals surface area contributed by atoms with Gasteiger partial charge in [-0.15, -0.1) is 13.2 Å². The average Bonchev–Trinajstić information content (AvgIpc) is 3.34. The summed E-state index contributed by atoms with van der Waals surface area (Å²) in [6.07, 6.45) is -4.04. The standard InChI is InChI=1S/C29H31F3N2O4/c1-3-36-24-11-5-20(6-12-24)27(21-7-13-25(14-8-21)37-4-2)34-18-17-23(19-34)33-28(35)22-9-15-26(16-10-22)38-29(30,31)32/h5-16,23,27H,3-4,17-19H2,1-2H3,(H,33,35)/t23-/m1/s1. The number of alkyl halides is 3. The minimum atomic E-state index is -4.78. The molecule has 3 aromatic carbocycles. The molecule has 1 heterocycles. The van der Waals surface area contributed by atoms with Gasteiger partial charge in [-0.1, -0.05) is 24.3 Å². The van der Waals surface area contributed by atoms with Crippen molar-refractivity contribution in [2.45, 2.75) is 38.7 Å². The quantitative estimate of drug-likeness (QED) is 0.351. The third-order valence-electron chi connectivity index (χ3n) is 6.28. The maximum atomic E-state index is 12.8. The van der Waals surface area contributed by atoms with Crippen molar-refractivity contribution < 1.29 is 32.2 Å². The number of amides is 1. The van der Waals surface area contributed by atoms with Crippen LogP contribution in [0.15, 0.2) is 72.8 Å². The molecule has 1 fully saturated rings. The molecule has 1 aliphatic rings. The Morgan fingerprint density at radius 1 is 0.868 bits per heavy atom. The van der Waals surface area contributed by atoms with Crippen LogP contribution in [0.1, 0.15) is 47.8 Å². The molecule has 4 rings (SSSR count). The predicted octanol–water partition coefficient (Wildman–Crippen LogP) is 5.98. The molecule has 1 N–H and O–H groups in total. The molecule has 0 aliphatic carbocycles. The number of nitrogens with zero attached hydrogens (tertiary/aromatic N) is 1. The Balaban J connectivity index is 1.47. The fourth-order valence-corrected chi connectivity index (χ4v) is 4.66. The average molecular weight is 529 g/mol. The van der Waals surface area contributed by atoms with E-state index in [9.17, 15) is 18.0 Å². The highest BCUT2D eigenvalue weighted by atomic mass is 19.4. The first-order valence-electron chi connectivity index (χ1n) is 12.6. The number of hydrogen-bond donors (Lipinski definition) is 1. The van der Waals surface area contributed by atoms with E-state index in [1.54, 1.807) is 0 Å². The predicted molar refractivity (Wildman–Crippen MR) is 138 cm³/mol. The fraction of sp³-hybridized carbons (Fsp3) is 0.345. The Hall–Kier alpha value is -3.72. The molecular formula is C29H31F3N2O4. The lowest BCUT2D eigenvalue weighted by Gasteiger charge is -2.29. The summed E-state index contributed by atoms with van der Waals surface area (Å²) in [4.78, 5) is 15.1. The molecule has 1 atom stereocenters. The van der Waals surface area contributed by atoms with E-state index >= 15 is 0 Å². The third kappa shape index (κ3) is 7.19. The molecule has 0 aromatic heterocycles. The molecule has 1 saturated heterocycles. The summed E-state index contributed by atoms with van der Waals surface area (Å²) in [7, 11) is 0. The summed E-state index contributed by atoms with van der Waals surface area (Å²) in [5, 5.41) is 3.02. The maximum absolute atomic E-state index is 12.8. The van der Waals surface area contributed by atoms with Crippen molar-refractivity contribution >= 4 is 5.91 Å². The van der Waals surface area contributed by atoms with Crippen LogP contribution in [-0.4, -0.2) is 49.5 Å². The van der Waals surface area contributed by atoms with Crippen molar-refractivity contribution in [1.29, 1.82) is 0 Å². The number of rotatable bonds is 10. The molecule has 1 aliphatic heterocycles. The fourth-order valence-electron chi connectivity index (χ4n) is 4.66. The van der Waals surface area contributed by atoms with Crippen molar-refractivity contribution in [2.75, 3.05) is 26.3 Å². The normalized spacial score (nSPS) is 15.9. The summed E-state index contributed by atoms with van der Waals surface area (Å²) >= 11 is 0. The summed E-state index contributed by atoms with van der Waals surface area (Å²) < 4.78 is 52.3. The monoisotopic (exact) mass is 528 g/mol. The van der Waals surface area contributed by atoms with Gasteiger partial charge in [0.05, 0.1) is 19.3 Å². The zero-order chi connectivity index (χ0) is 27.1. The highest BCUT2D eigenvalue weighted by molar-refractivity contribution is 5.94. The van der Waals surface area contributed by atoms with Crippen LogP contribution in [0.25, 0.3) is 0 Å².